The number of β-lactam (4-membered cyclic amide) rings is 1. The summed E-state index contributed by atoms with van der Waals surface area (Å²) in [5, 5.41) is 14.7. The maximum absolute atomic E-state index is 12.0. The minimum absolute atomic E-state index is 0.0297. The van der Waals surface area contributed by atoms with Gasteiger partial charge in [-0.2, -0.15) is 0 Å². The summed E-state index contributed by atoms with van der Waals surface area (Å²) >= 11 is 1.44. The number of carboxylic acid groups (broad SMARTS) is 1. The molecular formula is C16H24N7O4S+. The lowest BCUT2D eigenvalue weighted by molar-refractivity contribution is -0.765. The van der Waals surface area contributed by atoms with E-state index in [1.54, 1.807) is 22.6 Å². The Kier molecular flexibility index (Phi) is 5.52. The van der Waals surface area contributed by atoms with Crippen molar-refractivity contribution < 1.29 is 24.2 Å². The maximum Gasteiger partial charge on any atom is 0.352 e. The SMILES string of the molecule is CCCNC(=O)Nc1c[n+](CC2=C(C(=O)O)N3C(=O)[C@@H](N)[C@H]3SC2)n(C)c1N. The van der Waals surface area contributed by atoms with Gasteiger partial charge in [0.1, 0.15) is 17.1 Å². The van der Waals surface area contributed by atoms with E-state index in [9.17, 15) is 19.5 Å². The molecule has 7 N–H and O–H groups in total. The fourth-order valence-electron chi connectivity index (χ4n) is 3.16. The molecule has 1 saturated heterocycles. The number of carboxylic acids is 1. The number of amides is 3. The van der Waals surface area contributed by atoms with E-state index in [0.717, 1.165) is 6.42 Å². The smallest absolute Gasteiger partial charge is 0.352 e. The Morgan fingerprint density at radius 1 is 1.46 bits per heavy atom. The van der Waals surface area contributed by atoms with E-state index < -0.39 is 17.9 Å². The first-order valence-electron chi connectivity index (χ1n) is 8.81. The zero-order valence-corrected chi connectivity index (χ0v) is 16.5. The molecule has 0 bridgehead atoms. The van der Waals surface area contributed by atoms with Gasteiger partial charge in [0.15, 0.2) is 18.1 Å². The average Bonchev–Trinajstić information content (AvgIpc) is 2.92. The lowest BCUT2D eigenvalue weighted by Gasteiger charge is -2.47. The van der Waals surface area contributed by atoms with Crippen LogP contribution in [0.2, 0.25) is 0 Å². The number of aliphatic carboxylic acids is 1. The summed E-state index contributed by atoms with van der Waals surface area (Å²) in [6.07, 6.45) is 2.44. The summed E-state index contributed by atoms with van der Waals surface area (Å²) in [6.45, 7) is 2.69. The molecule has 0 aliphatic carbocycles. The molecule has 28 heavy (non-hydrogen) atoms. The van der Waals surface area contributed by atoms with Gasteiger partial charge < -0.3 is 21.9 Å². The Hall–Kier alpha value is -2.73. The number of nitrogen functional groups attached to an aromatic ring is 1. The first-order valence-corrected chi connectivity index (χ1v) is 9.86. The highest BCUT2D eigenvalue weighted by molar-refractivity contribution is 8.00. The van der Waals surface area contributed by atoms with Gasteiger partial charge in [-0.05, 0) is 6.42 Å². The molecule has 0 spiro atoms. The van der Waals surface area contributed by atoms with E-state index in [1.807, 2.05) is 6.92 Å². The second-order valence-electron chi connectivity index (χ2n) is 6.62. The molecule has 3 rings (SSSR count). The first-order chi connectivity index (χ1) is 13.3. The summed E-state index contributed by atoms with van der Waals surface area (Å²) < 4.78 is 3.30. The first kappa shape index (κ1) is 20.0. The van der Waals surface area contributed by atoms with E-state index in [0.29, 0.717) is 29.4 Å². The Balaban J connectivity index is 1.84. The standard InChI is InChI=1S/C16H23N7O4S/c1-3-4-19-16(27)20-9-6-22(21(2)12(9)18)5-8-7-28-14-10(17)13(24)23(14)11(8)15(25)26/h6,10,14,18H,3-5,7,17H2,1-2H3,(H3,19,20,25,26,27)/p+1/t10-,14-/m1/s1. The van der Waals surface area contributed by atoms with Gasteiger partial charge >= 0.3 is 12.0 Å². The Bertz CT molecular complexity index is 865. The van der Waals surface area contributed by atoms with Gasteiger partial charge in [0.2, 0.25) is 12.1 Å². The van der Waals surface area contributed by atoms with Crippen LogP contribution in [0.4, 0.5) is 16.3 Å². The number of nitrogens with one attached hydrogen (secondary N) is 2. The molecule has 12 heteroatoms. The van der Waals surface area contributed by atoms with Crippen LogP contribution >= 0.6 is 11.8 Å². The van der Waals surface area contributed by atoms with Crippen LogP contribution in [0.1, 0.15) is 13.3 Å². The van der Waals surface area contributed by atoms with Crippen molar-refractivity contribution in [1.29, 1.82) is 0 Å². The molecule has 152 valence electrons. The van der Waals surface area contributed by atoms with Crippen LogP contribution in [0.3, 0.4) is 0 Å². The van der Waals surface area contributed by atoms with E-state index >= 15 is 0 Å². The molecule has 0 saturated carbocycles. The molecule has 0 aromatic carbocycles. The number of carbonyl (C=O) groups is 3. The van der Waals surface area contributed by atoms with Crippen LogP contribution in [0.5, 0.6) is 0 Å². The van der Waals surface area contributed by atoms with E-state index in [4.69, 9.17) is 11.5 Å². The van der Waals surface area contributed by atoms with Crippen LogP contribution in [0.15, 0.2) is 17.5 Å². The average molecular weight is 410 g/mol. The Morgan fingerprint density at radius 2 is 2.18 bits per heavy atom. The van der Waals surface area contributed by atoms with E-state index in [2.05, 4.69) is 10.6 Å². The van der Waals surface area contributed by atoms with Crippen LogP contribution in [0.25, 0.3) is 0 Å². The summed E-state index contributed by atoms with van der Waals surface area (Å²) in [5.41, 5.74) is 12.8. The molecule has 2 atom stereocenters. The number of aromatic nitrogens is 2. The molecule has 1 aromatic heterocycles. The van der Waals surface area contributed by atoms with Crippen LogP contribution in [-0.4, -0.2) is 56.3 Å². The third-order valence-corrected chi connectivity index (χ3v) is 6.08. The highest BCUT2D eigenvalue weighted by Gasteiger charge is 2.52. The number of thioether (sulfide) groups is 1. The number of carbonyl (C=O) groups excluding carboxylic acids is 2. The van der Waals surface area contributed by atoms with Crippen molar-refractivity contribution in [3.05, 3.63) is 17.5 Å². The van der Waals surface area contributed by atoms with E-state index in [-0.39, 0.29) is 23.6 Å². The number of hydrogen-bond donors (Lipinski definition) is 5. The van der Waals surface area contributed by atoms with Gasteiger partial charge in [-0.1, -0.05) is 6.92 Å². The molecule has 1 aromatic rings. The van der Waals surface area contributed by atoms with Crippen molar-refractivity contribution in [3.63, 3.8) is 0 Å². The van der Waals surface area contributed by atoms with Crippen molar-refractivity contribution in [3.8, 4) is 0 Å². The summed E-state index contributed by atoms with van der Waals surface area (Å²) in [4.78, 5) is 37.0. The zero-order valence-electron chi connectivity index (χ0n) is 15.6. The fraction of sp³-hybridized carbons (Fsp3) is 0.500. The van der Waals surface area contributed by atoms with Crippen molar-refractivity contribution in [2.24, 2.45) is 12.8 Å². The van der Waals surface area contributed by atoms with Gasteiger partial charge in [-0.3, -0.25) is 15.0 Å². The van der Waals surface area contributed by atoms with Crippen LogP contribution in [-0.2, 0) is 23.2 Å². The normalized spacial score (nSPS) is 21.2. The molecule has 2 aliphatic heterocycles. The number of hydrogen-bond acceptors (Lipinski definition) is 6. The monoisotopic (exact) mass is 410 g/mol. The Labute approximate surface area is 165 Å². The van der Waals surface area contributed by atoms with Crippen molar-refractivity contribution >= 4 is 41.2 Å². The topological polar surface area (TPSA) is 160 Å². The number of nitrogens with two attached hydrogens (primary N) is 2. The van der Waals surface area contributed by atoms with Gasteiger partial charge in [-0.15, -0.1) is 21.1 Å². The molecule has 3 heterocycles. The maximum atomic E-state index is 12.0. The molecule has 0 radical (unpaired) electrons. The minimum atomic E-state index is -1.17. The van der Waals surface area contributed by atoms with Crippen molar-refractivity contribution in [2.45, 2.75) is 31.3 Å². The van der Waals surface area contributed by atoms with Gasteiger partial charge in [0, 0.05) is 17.9 Å². The molecule has 2 aliphatic rings. The molecule has 11 nitrogen and oxygen atoms in total. The van der Waals surface area contributed by atoms with Crippen molar-refractivity contribution in [2.75, 3.05) is 23.3 Å². The van der Waals surface area contributed by atoms with Crippen LogP contribution in [0, 0.1) is 0 Å². The van der Waals surface area contributed by atoms with Gasteiger partial charge in [-0.25, -0.2) is 9.59 Å². The fourth-order valence-corrected chi connectivity index (χ4v) is 4.45. The lowest BCUT2D eigenvalue weighted by Crippen LogP contribution is -2.68. The third-order valence-electron chi connectivity index (χ3n) is 4.72. The molecular weight excluding hydrogens is 386 g/mol. The minimum Gasteiger partial charge on any atom is -0.477 e. The second-order valence-corrected chi connectivity index (χ2v) is 7.73. The quantitative estimate of drug-likeness (QED) is 0.297. The summed E-state index contributed by atoms with van der Waals surface area (Å²) in [5.74, 6) is -0.798. The number of rotatable bonds is 6. The third kappa shape index (κ3) is 3.40. The number of urea groups is 1. The van der Waals surface area contributed by atoms with Crippen LogP contribution < -0.4 is 26.8 Å². The molecule has 0 unspecified atom stereocenters. The lowest BCUT2D eigenvalue weighted by atomic mass is 10.0. The summed E-state index contributed by atoms with van der Waals surface area (Å²) in [7, 11) is 1.70. The number of nitrogens with zero attached hydrogens (tertiary/aromatic N) is 3. The predicted molar refractivity (Wildman–Crippen MR) is 103 cm³/mol. The number of fused-ring (bicyclic) bond motifs is 1. The largest absolute Gasteiger partial charge is 0.477 e. The summed E-state index contributed by atoms with van der Waals surface area (Å²) in [6, 6.07) is -1.04. The zero-order chi connectivity index (χ0) is 20.6. The van der Waals surface area contributed by atoms with Gasteiger partial charge in [0.05, 0.1) is 7.05 Å². The highest BCUT2D eigenvalue weighted by Crippen LogP contribution is 2.39. The number of anilines is 2. The second kappa shape index (κ2) is 7.72. The van der Waals surface area contributed by atoms with Crippen molar-refractivity contribution in [1.82, 2.24) is 14.9 Å². The van der Waals surface area contributed by atoms with Gasteiger partial charge in [0.25, 0.3) is 0 Å². The molecule has 1 fully saturated rings. The predicted octanol–water partition coefficient (Wildman–Crippen LogP) is -0.993. The Morgan fingerprint density at radius 3 is 2.82 bits per heavy atom. The van der Waals surface area contributed by atoms with E-state index in [1.165, 1.54) is 16.7 Å². The molecule has 3 amide bonds. The highest BCUT2D eigenvalue weighted by atomic mass is 32.2.